The topological polar surface area (TPSA) is 72.2 Å². The minimum Gasteiger partial charge on any atom is -0.407 e. The van der Waals surface area contributed by atoms with Crippen LogP contribution in [0.4, 0.5) is 6.01 Å². The Bertz CT molecular complexity index is 405. The molecule has 1 aliphatic rings. The van der Waals surface area contributed by atoms with Gasteiger partial charge in [0, 0.05) is 18.7 Å². The fourth-order valence-corrected chi connectivity index (χ4v) is 1.98. The van der Waals surface area contributed by atoms with Gasteiger partial charge in [-0.15, -0.1) is 5.10 Å². The molecule has 0 aromatic carbocycles. The number of hydrogen-bond acceptors (Lipinski definition) is 6. The SMILES string of the molecule is CC(C)(C)NCc1nnc(NCC2(C)CCCO2)o1. The summed E-state index contributed by atoms with van der Waals surface area (Å²) in [7, 11) is 0. The number of anilines is 1. The van der Waals surface area contributed by atoms with E-state index >= 15 is 0 Å². The van der Waals surface area contributed by atoms with E-state index in [1.54, 1.807) is 0 Å². The number of ether oxygens (including phenoxy) is 1. The summed E-state index contributed by atoms with van der Waals surface area (Å²) in [6, 6.07) is 0.461. The Morgan fingerprint density at radius 3 is 2.74 bits per heavy atom. The van der Waals surface area contributed by atoms with E-state index in [1.165, 1.54) is 0 Å². The molecular weight excluding hydrogens is 244 g/mol. The number of hydrogen-bond donors (Lipinski definition) is 2. The molecule has 2 rings (SSSR count). The molecule has 2 heterocycles. The van der Waals surface area contributed by atoms with E-state index in [4.69, 9.17) is 9.15 Å². The van der Waals surface area contributed by atoms with Crippen LogP contribution >= 0.6 is 0 Å². The number of aromatic nitrogens is 2. The third-order valence-electron chi connectivity index (χ3n) is 3.15. The van der Waals surface area contributed by atoms with Gasteiger partial charge in [-0.3, -0.25) is 0 Å². The molecule has 19 heavy (non-hydrogen) atoms. The molecule has 0 spiro atoms. The first-order valence-electron chi connectivity index (χ1n) is 6.82. The number of nitrogens with one attached hydrogen (secondary N) is 2. The Labute approximate surface area is 114 Å². The molecule has 1 saturated heterocycles. The van der Waals surface area contributed by atoms with Crippen LogP contribution < -0.4 is 10.6 Å². The molecule has 6 nitrogen and oxygen atoms in total. The second-order valence-corrected chi connectivity index (χ2v) is 6.36. The van der Waals surface area contributed by atoms with Crippen LogP contribution in [-0.2, 0) is 11.3 Å². The van der Waals surface area contributed by atoms with Crippen molar-refractivity contribution >= 4 is 6.01 Å². The van der Waals surface area contributed by atoms with Crippen LogP contribution in [-0.4, -0.2) is 34.5 Å². The fourth-order valence-electron chi connectivity index (χ4n) is 1.98. The average Bonchev–Trinajstić information content (AvgIpc) is 2.93. The third kappa shape index (κ3) is 4.47. The van der Waals surface area contributed by atoms with Crippen molar-refractivity contribution in [1.82, 2.24) is 15.5 Å². The minimum atomic E-state index is -0.113. The van der Waals surface area contributed by atoms with Crippen molar-refractivity contribution in [2.45, 2.75) is 58.2 Å². The van der Waals surface area contributed by atoms with Gasteiger partial charge >= 0.3 is 6.01 Å². The second kappa shape index (κ2) is 5.46. The molecule has 0 bridgehead atoms. The zero-order chi connectivity index (χ0) is 13.9. The first kappa shape index (κ1) is 14.3. The molecule has 1 unspecified atom stereocenters. The summed E-state index contributed by atoms with van der Waals surface area (Å²) in [5.41, 5.74) is -0.0779. The lowest BCUT2D eigenvalue weighted by Gasteiger charge is -2.22. The van der Waals surface area contributed by atoms with Crippen molar-refractivity contribution in [1.29, 1.82) is 0 Å². The van der Waals surface area contributed by atoms with Gasteiger partial charge in [0.1, 0.15) is 0 Å². The molecule has 1 aromatic rings. The molecule has 6 heteroatoms. The largest absolute Gasteiger partial charge is 0.407 e. The van der Waals surface area contributed by atoms with Gasteiger partial charge in [0.25, 0.3) is 0 Å². The molecule has 0 saturated carbocycles. The summed E-state index contributed by atoms with van der Waals surface area (Å²) in [4.78, 5) is 0. The minimum absolute atomic E-state index is 0.0349. The van der Waals surface area contributed by atoms with Gasteiger partial charge in [0.05, 0.1) is 12.1 Å². The van der Waals surface area contributed by atoms with Crippen molar-refractivity contribution < 1.29 is 9.15 Å². The second-order valence-electron chi connectivity index (χ2n) is 6.36. The lowest BCUT2D eigenvalue weighted by Crippen LogP contribution is -2.35. The van der Waals surface area contributed by atoms with Gasteiger partial charge in [-0.05, 0) is 40.5 Å². The van der Waals surface area contributed by atoms with E-state index in [0.29, 0.717) is 25.0 Å². The zero-order valence-electron chi connectivity index (χ0n) is 12.2. The van der Waals surface area contributed by atoms with Crippen LogP contribution in [0.5, 0.6) is 0 Å². The van der Waals surface area contributed by atoms with E-state index in [-0.39, 0.29) is 11.1 Å². The van der Waals surface area contributed by atoms with Crippen molar-refractivity contribution in [3.63, 3.8) is 0 Å². The smallest absolute Gasteiger partial charge is 0.315 e. The average molecular weight is 268 g/mol. The van der Waals surface area contributed by atoms with E-state index in [2.05, 4.69) is 48.5 Å². The van der Waals surface area contributed by atoms with Gasteiger partial charge in [-0.2, -0.15) is 0 Å². The molecule has 1 fully saturated rings. The Morgan fingerprint density at radius 2 is 2.11 bits per heavy atom. The maximum absolute atomic E-state index is 5.70. The molecular formula is C13H24N4O2. The normalized spacial score (nSPS) is 23.8. The number of rotatable bonds is 5. The molecule has 0 aliphatic carbocycles. The van der Waals surface area contributed by atoms with Crippen LogP contribution in [0.2, 0.25) is 0 Å². The summed E-state index contributed by atoms with van der Waals surface area (Å²) >= 11 is 0. The molecule has 0 amide bonds. The van der Waals surface area contributed by atoms with Crippen molar-refractivity contribution in [3.05, 3.63) is 5.89 Å². The predicted octanol–water partition coefficient (Wildman–Crippen LogP) is 1.94. The van der Waals surface area contributed by atoms with Crippen LogP contribution in [0.1, 0.15) is 46.4 Å². The highest BCUT2D eigenvalue weighted by molar-refractivity contribution is 5.18. The summed E-state index contributed by atoms with van der Waals surface area (Å²) in [6.45, 7) is 10.5. The van der Waals surface area contributed by atoms with Gasteiger partial charge in [-0.25, -0.2) is 0 Å². The van der Waals surface area contributed by atoms with Crippen LogP contribution in [0.25, 0.3) is 0 Å². The first-order valence-corrected chi connectivity index (χ1v) is 6.82. The first-order chi connectivity index (χ1) is 8.86. The highest BCUT2D eigenvalue weighted by atomic mass is 16.5. The Kier molecular flexibility index (Phi) is 4.10. The summed E-state index contributed by atoms with van der Waals surface area (Å²) < 4.78 is 11.2. The maximum atomic E-state index is 5.70. The van der Waals surface area contributed by atoms with Gasteiger partial charge < -0.3 is 19.8 Å². The molecule has 2 N–H and O–H groups in total. The monoisotopic (exact) mass is 268 g/mol. The van der Waals surface area contributed by atoms with E-state index < -0.39 is 0 Å². The third-order valence-corrected chi connectivity index (χ3v) is 3.15. The summed E-state index contributed by atoms with van der Waals surface area (Å²) in [5.74, 6) is 0.593. The van der Waals surface area contributed by atoms with E-state index in [1.807, 2.05) is 0 Å². The quantitative estimate of drug-likeness (QED) is 0.850. The zero-order valence-corrected chi connectivity index (χ0v) is 12.2. The molecule has 1 atom stereocenters. The molecule has 108 valence electrons. The van der Waals surface area contributed by atoms with Crippen LogP contribution in [0.15, 0.2) is 4.42 Å². The lowest BCUT2D eigenvalue weighted by molar-refractivity contribution is 0.0311. The standard InChI is InChI=1S/C13H24N4O2/c1-12(2,3)15-8-10-16-17-11(19-10)14-9-13(4)6-5-7-18-13/h15H,5-9H2,1-4H3,(H,14,17). The van der Waals surface area contributed by atoms with Gasteiger partial charge in [0.15, 0.2) is 0 Å². The Hall–Kier alpha value is -1.14. The van der Waals surface area contributed by atoms with E-state index in [9.17, 15) is 0 Å². The molecule has 0 radical (unpaired) electrons. The maximum Gasteiger partial charge on any atom is 0.315 e. The highest BCUT2D eigenvalue weighted by Gasteiger charge is 2.29. The van der Waals surface area contributed by atoms with Crippen molar-refractivity contribution in [3.8, 4) is 0 Å². The highest BCUT2D eigenvalue weighted by Crippen LogP contribution is 2.25. The summed E-state index contributed by atoms with van der Waals surface area (Å²) in [6.07, 6.45) is 2.18. The van der Waals surface area contributed by atoms with Crippen molar-refractivity contribution in [2.75, 3.05) is 18.5 Å². The van der Waals surface area contributed by atoms with Crippen LogP contribution in [0.3, 0.4) is 0 Å². The number of nitrogens with zero attached hydrogens (tertiary/aromatic N) is 2. The van der Waals surface area contributed by atoms with Gasteiger partial charge in [-0.1, -0.05) is 5.10 Å². The summed E-state index contributed by atoms with van der Waals surface area (Å²) in [5, 5.41) is 14.4. The van der Waals surface area contributed by atoms with Gasteiger partial charge in [0.2, 0.25) is 5.89 Å². The Balaban J connectivity index is 1.80. The van der Waals surface area contributed by atoms with Crippen molar-refractivity contribution in [2.24, 2.45) is 0 Å². The van der Waals surface area contributed by atoms with Crippen LogP contribution in [0, 0.1) is 0 Å². The molecule has 1 aromatic heterocycles. The fraction of sp³-hybridized carbons (Fsp3) is 0.846. The van der Waals surface area contributed by atoms with E-state index in [0.717, 1.165) is 19.4 Å². The Morgan fingerprint density at radius 1 is 1.32 bits per heavy atom. The molecule has 1 aliphatic heterocycles. The predicted molar refractivity (Wildman–Crippen MR) is 73.0 cm³/mol. The lowest BCUT2D eigenvalue weighted by atomic mass is 10.0.